The van der Waals surface area contributed by atoms with Crippen LogP contribution in [0.15, 0.2) is 11.6 Å². The standard InChI is InChI=1S/C24H34O12/c1-12(25)32-19-18(11-31-22(29)16-7-9-17(10-8-16)24(5,6)30)36-23(35-15(4)28)21(34-14(3)27)20(19)33-13(2)26/h7,17-21,23,30H,8-11H2,1-6H3/t17-,18-,19-,20+,21-,23-/m1/s1. The van der Waals surface area contributed by atoms with Crippen molar-refractivity contribution < 1.29 is 57.5 Å². The lowest BCUT2D eigenvalue weighted by atomic mass is 9.79. The van der Waals surface area contributed by atoms with E-state index in [0.717, 1.165) is 27.7 Å². The summed E-state index contributed by atoms with van der Waals surface area (Å²) in [4.78, 5) is 59.7. The van der Waals surface area contributed by atoms with Crippen LogP contribution in [0.2, 0.25) is 0 Å². The molecule has 0 spiro atoms. The number of aliphatic hydroxyl groups is 1. The second kappa shape index (κ2) is 12.3. The Morgan fingerprint density at radius 2 is 1.42 bits per heavy atom. The van der Waals surface area contributed by atoms with E-state index >= 15 is 0 Å². The topological polar surface area (TPSA) is 161 Å². The number of carbonyl (C=O) groups is 5. The molecule has 0 unspecified atom stereocenters. The van der Waals surface area contributed by atoms with Gasteiger partial charge < -0.3 is 33.5 Å². The fourth-order valence-electron chi connectivity index (χ4n) is 4.16. The van der Waals surface area contributed by atoms with Gasteiger partial charge in [-0.3, -0.25) is 19.2 Å². The summed E-state index contributed by atoms with van der Waals surface area (Å²) in [6.45, 7) is 7.37. The van der Waals surface area contributed by atoms with E-state index in [0.29, 0.717) is 24.8 Å². The van der Waals surface area contributed by atoms with Gasteiger partial charge in [0.2, 0.25) is 12.4 Å². The minimum absolute atomic E-state index is 0.00346. The highest BCUT2D eigenvalue weighted by atomic mass is 16.7. The van der Waals surface area contributed by atoms with Gasteiger partial charge >= 0.3 is 29.8 Å². The quantitative estimate of drug-likeness (QED) is 0.363. The van der Waals surface area contributed by atoms with E-state index in [2.05, 4.69) is 0 Å². The summed E-state index contributed by atoms with van der Waals surface area (Å²) in [5.74, 6) is -3.77. The van der Waals surface area contributed by atoms with Crippen LogP contribution in [-0.2, 0) is 52.4 Å². The molecule has 1 aliphatic carbocycles. The van der Waals surface area contributed by atoms with Crippen molar-refractivity contribution in [3.8, 4) is 0 Å². The lowest BCUT2D eigenvalue weighted by Crippen LogP contribution is -2.63. The van der Waals surface area contributed by atoms with Crippen LogP contribution in [0.5, 0.6) is 0 Å². The lowest BCUT2D eigenvalue weighted by Gasteiger charge is -2.43. The first-order chi connectivity index (χ1) is 16.7. The highest BCUT2D eigenvalue weighted by Gasteiger charge is 2.53. The zero-order valence-corrected chi connectivity index (χ0v) is 21.3. The van der Waals surface area contributed by atoms with Crippen LogP contribution in [-0.4, -0.2) is 77.9 Å². The SMILES string of the molecule is CC(=O)O[C@@H]1O[C@H](COC(=O)C2=CC[C@@H](C(C)(C)O)CC2)[C@@H](OC(C)=O)[C@H](OC(C)=O)[C@H]1OC(C)=O. The van der Waals surface area contributed by atoms with E-state index in [9.17, 15) is 29.1 Å². The molecule has 12 nitrogen and oxygen atoms in total. The molecule has 0 aromatic carbocycles. The van der Waals surface area contributed by atoms with Gasteiger partial charge in [-0.1, -0.05) is 6.08 Å². The first-order valence-corrected chi connectivity index (χ1v) is 11.6. The van der Waals surface area contributed by atoms with E-state index in [-0.39, 0.29) is 5.92 Å². The van der Waals surface area contributed by atoms with Crippen molar-refractivity contribution in [2.24, 2.45) is 5.92 Å². The predicted molar refractivity (Wildman–Crippen MR) is 120 cm³/mol. The number of hydrogen-bond acceptors (Lipinski definition) is 12. The number of esters is 5. The van der Waals surface area contributed by atoms with Gasteiger partial charge in [-0.2, -0.15) is 0 Å². The van der Waals surface area contributed by atoms with Gasteiger partial charge in [0.25, 0.3) is 0 Å². The van der Waals surface area contributed by atoms with Crippen molar-refractivity contribution in [2.75, 3.05) is 6.61 Å². The van der Waals surface area contributed by atoms with E-state index in [4.69, 9.17) is 28.4 Å². The molecule has 0 saturated carbocycles. The molecule has 0 aromatic rings. The monoisotopic (exact) mass is 514 g/mol. The van der Waals surface area contributed by atoms with Gasteiger partial charge in [0, 0.05) is 33.3 Å². The van der Waals surface area contributed by atoms with E-state index in [1.165, 1.54) is 0 Å². The third kappa shape index (κ3) is 8.30. The number of rotatable bonds is 8. The largest absolute Gasteiger partial charge is 0.459 e. The highest BCUT2D eigenvalue weighted by molar-refractivity contribution is 5.88. The first-order valence-electron chi connectivity index (χ1n) is 11.6. The zero-order chi connectivity index (χ0) is 27.2. The molecule has 202 valence electrons. The Bertz CT molecular complexity index is 886. The summed E-state index contributed by atoms with van der Waals surface area (Å²) in [7, 11) is 0. The second-order valence-electron chi connectivity index (χ2n) is 9.33. The first kappa shape index (κ1) is 29.2. The smallest absolute Gasteiger partial charge is 0.333 e. The van der Waals surface area contributed by atoms with Crippen LogP contribution in [0.3, 0.4) is 0 Å². The molecular weight excluding hydrogens is 480 g/mol. The van der Waals surface area contributed by atoms with Crippen LogP contribution in [0.4, 0.5) is 0 Å². The van der Waals surface area contributed by atoms with Crippen LogP contribution in [0, 0.1) is 5.92 Å². The van der Waals surface area contributed by atoms with E-state index in [1.807, 2.05) is 0 Å². The molecule has 0 aromatic heterocycles. The minimum Gasteiger partial charge on any atom is -0.459 e. The summed E-state index contributed by atoms with van der Waals surface area (Å²) in [5, 5.41) is 10.2. The number of carbonyl (C=O) groups excluding carboxylic acids is 5. The van der Waals surface area contributed by atoms with Crippen LogP contribution in [0.25, 0.3) is 0 Å². The van der Waals surface area contributed by atoms with Crippen molar-refractivity contribution in [2.45, 2.75) is 97.1 Å². The van der Waals surface area contributed by atoms with Crippen LogP contribution >= 0.6 is 0 Å². The van der Waals surface area contributed by atoms with Gasteiger partial charge in [-0.25, -0.2) is 4.79 Å². The minimum atomic E-state index is -1.53. The molecule has 0 radical (unpaired) electrons. The number of ether oxygens (including phenoxy) is 6. The average Bonchev–Trinajstić information content (AvgIpc) is 2.74. The second-order valence-corrected chi connectivity index (χ2v) is 9.33. The van der Waals surface area contributed by atoms with Crippen LogP contribution < -0.4 is 0 Å². The van der Waals surface area contributed by atoms with Gasteiger partial charge in [0.05, 0.1) is 5.60 Å². The molecule has 12 heteroatoms. The van der Waals surface area contributed by atoms with Crippen molar-refractivity contribution in [3.63, 3.8) is 0 Å². The third-order valence-corrected chi connectivity index (χ3v) is 5.83. The highest BCUT2D eigenvalue weighted by Crippen LogP contribution is 2.33. The molecule has 0 bridgehead atoms. The zero-order valence-electron chi connectivity index (χ0n) is 21.3. The number of hydrogen-bond donors (Lipinski definition) is 1. The van der Waals surface area contributed by atoms with Crippen molar-refractivity contribution in [1.82, 2.24) is 0 Å². The molecule has 1 heterocycles. The number of allylic oxidation sites excluding steroid dienone is 1. The molecule has 2 aliphatic rings. The van der Waals surface area contributed by atoms with Crippen molar-refractivity contribution in [3.05, 3.63) is 11.6 Å². The fourth-order valence-corrected chi connectivity index (χ4v) is 4.16. The fraction of sp³-hybridized carbons (Fsp3) is 0.708. The molecule has 2 rings (SSSR count). The van der Waals surface area contributed by atoms with Gasteiger partial charge in [0.15, 0.2) is 12.2 Å². The maximum Gasteiger partial charge on any atom is 0.333 e. The van der Waals surface area contributed by atoms with E-state index in [1.54, 1.807) is 19.9 Å². The maximum absolute atomic E-state index is 12.7. The maximum atomic E-state index is 12.7. The third-order valence-electron chi connectivity index (χ3n) is 5.83. The Balaban J connectivity index is 2.26. The molecule has 1 saturated heterocycles. The lowest BCUT2D eigenvalue weighted by molar-refractivity contribution is -0.300. The summed E-state index contributed by atoms with van der Waals surface area (Å²) >= 11 is 0. The summed E-state index contributed by atoms with van der Waals surface area (Å²) in [5.41, 5.74) is -0.462. The Morgan fingerprint density at radius 1 is 0.889 bits per heavy atom. The molecular formula is C24H34O12. The van der Waals surface area contributed by atoms with Crippen molar-refractivity contribution in [1.29, 1.82) is 0 Å². The predicted octanol–water partition coefficient (Wildman–Crippen LogP) is 1.11. The Hall–Kier alpha value is -2.99. The summed E-state index contributed by atoms with van der Waals surface area (Å²) in [6, 6.07) is 0. The summed E-state index contributed by atoms with van der Waals surface area (Å²) in [6.07, 6.45) is -3.79. The van der Waals surface area contributed by atoms with Gasteiger partial charge in [0.1, 0.15) is 12.7 Å². The Kier molecular flexibility index (Phi) is 10.00. The van der Waals surface area contributed by atoms with E-state index < -0.39 is 72.8 Å². The molecule has 6 atom stereocenters. The Labute approximate surface area is 209 Å². The normalized spacial score (nSPS) is 28.2. The molecule has 1 N–H and O–H groups in total. The Morgan fingerprint density at radius 3 is 1.89 bits per heavy atom. The molecule has 36 heavy (non-hydrogen) atoms. The molecule has 1 aliphatic heterocycles. The van der Waals surface area contributed by atoms with Crippen LogP contribution in [0.1, 0.15) is 60.8 Å². The average molecular weight is 515 g/mol. The molecule has 1 fully saturated rings. The van der Waals surface area contributed by atoms with Gasteiger partial charge in [-0.15, -0.1) is 0 Å². The van der Waals surface area contributed by atoms with Gasteiger partial charge in [-0.05, 0) is 39.0 Å². The summed E-state index contributed by atoms with van der Waals surface area (Å²) < 4.78 is 32.0. The van der Waals surface area contributed by atoms with Crippen molar-refractivity contribution >= 4 is 29.8 Å². The molecule has 0 amide bonds.